The van der Waals surface area contributed by atoms with Crippen molar-refractivity contribution in [3.8, 4) is 22.4 Å². The first-order chi connectivity index (χ1) is 13.7. The first-order valence-corrected chi connectivity index (χ1v) is 10.3. The average molecular weight is 488 g/mol. The Labute approximate surface area is 189 Å². The second-order valence-electron chi connectivity index (χ2n) is 6.31. The zero-order valence-corrected chi connectivity index (χ0v) is 18.8. The van der Waals surface area contributed by atoms with Crippen LogP contribution < -0.4 is 4.80 Å². The van der Waals surface area contributed by atoms with E-state index in [0.717, 1.165) is 21.7 Å². The minimum Gasteiger partial charge on any atom is -0.395 e. The van der Waals surface area contributed by atoms with Crippen molar-refractivity contribution in [3.05, 3.63) is 94.1 Å². The summed E-state index contributed by atoms with van der Waals surface area (Å²) in [6.45, 7) is 0.535. The fraction of sp³-hybridized carbons (Fsp3) is 0.0870. The van der Waals surface area contributed by atoms with Gasteiger partial charge in [-0.1, -0.05) is 72.3 Å². The van der Waals surface area contributed by atoms with Gasteiger partial charge in [-0.25, -0.2) is 4.99 Å². The lowest BCUT2D eigenvalue weighted by Gasteiger charge is -2.09. The Hall–Kier alpha value is -2.18. The van der Waals surface area contributed by atoms with Crippen LogP contribution in [-0.2, 0) is 6.54 Å². The van der Waals surface area contributed by atoms with Crippen LogP contribution in [-0.4, -0.2) is 16.3 Å². The van der Waals surface area contributed by atoms with E-state index in [1.54, 1.807) is 11.3 Å². The van der Waals surface area contributed by atoms with Gasteiger partial charge in [0.2, 0.25) is 0 Å². The largest absolute Gasteiger partial charge is 0.395 e. The van der Waals surface area contributed by atoms with Crippen molar-refractivity contribution < 1.29 is 5.11 Å². The van der Waals surface area contributed by atoms with Gasteiger partial charge in [0.1, 0.15) is 0 Å². The maximum absolute atomic E-state index is 9.56. The Bertz CT molecular complexity index is 1140. The molecule has 0 aliphatic heterocycles. The van der Waals surface area contributed by atoms with Gasteiger partial charge in [-0.2, -0.15) is 0 Å². The summed E-state index contributed by atoms with van der Waals surface area (Å²) in [5, 5.41) is 12.3. The molecule has 4 rings (SSSR count). The number of aliphatic hydroxyl groups is 1. The number of aliphatic hydroxyl groups excluding tert-OH is 1. The molecule has 3 aromatic carbocycles. The first-order valence-electron chi connectivity index (χ1n) is 9.00. The summed E-state index contributed by atoms with van der Waals surface area (Å²) in [7, 11) is 0. The van der Waals surface area contributed by atoms with Gasteiger partial charge in [0.05, 0.1) is 18.0 Å². The topological polar surface area (TPSA) is 37.5 Å². The number of rotatable bonds is 5. The Balaban J connectivity index is 0.00000240. The molecule has 1 aromatic heterocycles. The number of aromatic nitrogens is 1. The Morgan fingerprint density at radius 1 is 0.862 bits per heavy atom. The molecule has 148 valence electrons. The Kier molecular flexibility index (Phi) is 7.45. The third-order valence-corrected chi connectivity index (χ3v) is 5.54. The standard InChI is InChI=1S/C23H19ClN2OS.BrH/c24-20-7-4-8-21(15-20)25-23-26(13-14-27)22(16-28-23)19-11-9-18(10-12-19)17-5-2-1-3-6-17;/h1-12,15-16,27H,13-14H2;1H. The molecule has 1 N–H and O–H groups in total. The maximum Gasteiger partial charge on any atom is 0.190 e. The van der Waals surface area contributed by atoms with Gasteiger partial charge in [0, 0.05) is 16.9 Å². The van der Waals surface area contributed by atoms with Gasteiger partial charge in [-0.3, -0.25) is 0 Å². The Morgan fingerprint density at radius 3 is 2.24 bits per heavy atom. The number of hydrogen-bond donors (Lipinski definition) is 1. The van der Waals surface area contributed by atoms with Gasteiger partial charge in [0.25, 0.3) is 0 Å². The molecule has 0 saturated heterocycles. The fourth-order valence-corrected chi connectivity index (χ4v) is 4.23. The second-order valence-corrected chi connectivity index (χ2v) is 7.59. The van der Waals surface area contributed by atoms with E-state index in [-0.39, 0.29) is 23.6 Å². The highest BCUT2D eigenvalue weighted by atomic mass is 79.9. The summed E-state index contributed by atoms with van der Waals surface area (Å²) in [5.74, 6) is 0. The summed E-state index contributed by atoms with van der Waals surface area (Å²) in [6.07, 6.45) is 0. The molecular weight excluding hydrogens is 468 g/mol. The third kappa shape index (κ3) is 5.06. The molecule has 3 nitrogen and oxygen atoms in total. The van der Waals surface area contributed by atoms with Gasteiger partial charge in [-0.05, 0) is 34.9 Å². The monoisotopic (exact) mass is 486 g/mol. The van der Waals surface area contributed by atoms with Crippen molar-refractivity contribution in [2.45, 2.75) is 6.54 Å². The van der Waals surface area contributed by atoms with Gasteiger partial charge in [0.15, 0.2) is 4.80 Å². The summed E-state index contributed by atoms with van der Waals surface area (Å²) < 4.78 is 2.04. The molecule has 0 bridgehead atoms. The fourth-order valence-electron chi connectivity index (χ4n) is 3.09. The SMILES string of the molecule is Br.OCCn1c(-c2ccc(-c3ccccc3)cc2)csc1=Nc1cccc(Cl)c1. The van der Waals surface area contributed by atoms with Crippen LogP contribution in [0.5, 0.6) is 0 Å². The molecule has 0 spiro atoms. The van der Waals surface area contributed by atoms with Gasteiger partial charge >= 0.3 is 0 Å². The lowest BCUT2D eigenvalue weighted by atomic mass is 10.0. The molecule has 0 unspecified atom stereocenters. The van der Waals surface area contributed by atoms with E-state index < -0.39 is 0 Å². The van der Waals surface area contributed by atoms with E-state index >= 15 is 0 Å². The molecule has 1 heterocycles. The molecule has 0 saturated carbocycles. The predicted molar refractivity (Wildman–Crippen MR) is 127 cm³/mol. The predicted octanol–water partition coefficient (Wildman–Crippen LogP) is 6.34. The van der Waals surface area contributed by atoms with E-state index in [9.17, 15) is 5.11 Å². The van der Waals surface area contributed by atoms with Crippen molar-refractivity contribution in [1.82, 2.24) is 4.57 Å². The molecule has 4 aromatic rings. The van der Waals surface area contributed by atoms with Gasteiger partial charge in [-0.15, -0.1) is 28.3 Å². The van der Waals surface area contributed by atoms with Crippen molar-refractivity contribution in [2.75, 3.05) is 6.61 Å². The summed E-state index contributed by atoms with van der Waals surface area (Å²) in [5.41, 5.74) is 5.31. The lowest BCUT2D eigenvalue weighted by molar-refractivity contribution is 0.275. The molecule has 29 heavy (non-hydrogen) atoms. The molecule has 0 atom stereocenters. The van der Waals surface area contributed by atoms with Crippen LogP contribution >= 0.6 is 39.9 Å². The van der Waals surface area contributed by atoms with E-state index in [0.29, 0.717) is 11.6 Å². The van der Waals surface area contributed by atoms with Crippen LogP contribution in [0.25, 0.3) is 22.4 Å². The zero-order valence-electron chi connectivity index (χ0n) is 15.5. The van der Waals surface area contributed by atoms with Crippen molar-refractivity contribution in [3.63, 3.8) is 0 Å². The van der Waals surface area contributed by atoms with Crippen molar-refractivity contribution in [2.24, 2.45) is 4.99 Å². The second kappa shape index (κ2) is 10.0. The molecule has 6 heteroatoms. The molecule has 0 aliphatic rings. The summed E-state index contributed by atoms with van der Waals surface area (Å²) in [4.78, 5) is 5.55. The Morgan fingerprint density at radius 2 is 1.55 bits per heavy atom. The number of nitrogens with zero attached hydrogens (tertiary/aromatic N) is 2. The van der Waals surface area contributed by atoms with Crippen LogP contribution in [0.1, 0.15) is 0 Å². The quantitative estimate of drug-likeness (QED) is 0.350. The zero-order chi connectivity index (χ0) is 19.3. The van der Waals surface area contributed by atoms with E-state index in [1.165, 1.54) is 11.1 Å². The molecular formula is C23H20BrClN2OS. The first kappa shape index (κ1) is 21.5. The normalized spacial score (nSPS) is 11.3. The summed E-state index contributed by atoms with van der Waals surface area (Å²) in [6, 6.07) is 26.3. The van der Waals surface area contributed by atoms with Crippen LogP contribution in [0.3, 0.4) is 0 Å². The highest BCUT2D eigenvalue weighted by Crippen LogP contribution is 2.26. The molecule has 0 fully saturated rings. The van der Waals surface area contributed by atoms with E-state index in [2.05, 4.69) is 41.8 Å². The van der Waals surface area contributed by atoms with E-state index in [1.807, 2.05) is 47.0 Å². The number of benzene rings is 3. The highest BCUT2D eigenvalue weighted by Gasteiger charge is 2.08. The van der Waals surface area contributed by atoms with Crippen molar-refractivity contribution >= 4 is 45.6 Å². The minimum absolute atomic E-state index is 0. The number of halogens is 2. The van der Waals surface area contributed by atoms with Crippen LogP contribution in [0.4, 0.5) is 5.69 Å². The maximum atomic E-state index is 9.56. The van der Waals surface area contributed by atoms with E-state index in [4.69, 9.17) is 16.6 Å². The van der Waals surface area contributed by atoms with Crippen LogP contribution in [0.2, 0.25) is 5.02 Å². The van der Waals surface area contributed by atoms with Crippen molar-refractivity contribution in [1.29, 1.82) is 0 Å². The van der Waals surface area contributed by atoms with Gasteiger partial charge < -0.3 is 9.67 Å². The lowest BCUT2D eigenvalue weighted by Crippen LogP contribution is -2.17. The van der Waals surface area contributed by atoms with Crippen LogP contribution in [0.15, 0.2) is 89.2 Å². The average Bonchev–Trinajstić information content (AvgIpc) is 3.11. The highest BCUT2D eigenvalue weighted by molar-refractivity contribution is 8.93. The third-order valence-electron chi connectivity index (χ3n) is 4.44. The number of thiazole rings is 1. The molecule has 0 radical (unpaired) electrons. The summed E-state index contributed by atoms with van der Waals surface area (Å²) >= 11 is 7.63. The number of hydrogen-bond acceptors (Lipinski definition) is 3. The molecule has 0 amide bonds. The molecule has 0 aliphatic carbocycles. The van der Waals surface area contributed by atoms with Crippen LogP contribution in [0, 0.1) is 0 Å². The minimum atomic E-state index is 0. The smallest absolute Gasteiger partial charge is 0.190 e.